The zero-order valence-electron chi connectivity index (χ0n) is 14.3. The van der Waals surface area contributed by atoms with E-state index in [4.69, 9.17) is 9.47 Å². The zero-order chi connectivity index (χ0) is 19.4. The fourth-order valence-corrected chi connectivity index (χ4v) is 1.93. The summed E-state index contributed by atoms with van der Waals surface area (Å²) in [6.45, 7) is 9.76. The lowest BCUT2D eigenvalue weighted by molar-refractivity contribution is -0.131. The number of benzene rings is 2. The normalized spacial score (nSPS) is 10.2. The third-order valence-corrected chi connectivity index (χ3v) is 3.25. The van der Waals surface area contributed by atoms with Gasteiger partial charge in [0.15, 0.2) is 11.6 Å². The molecule has 2 aromatic carbocycles. The fraction of sp³-hybridized carbons (Fsp3) is 0.100. The van der Waals surface area contributed by atoms with Crippen LogP contribution in [0.2, 0.25) is 0 Å². The van der Waals surface area contributed by atoms with Crippen LogP contribution in [0, 0.1) is 11.6 Å². The molecule has 0 saturated carbocycles. The van der Waals surface area contributed by atoms with Crippen LogP contribution >= 0.6 is 0 Å². The van der Waals surface area contributed by atoms with Gasteiger partial charge in [0.2, 0.25) is 0 Å². The van der Waals surface area contributed by atoms with Crippen molar-refractivity contribution in [3.8, 4) is 22.6 Å². The summed E-state index contributed by atoms with van der Waals surface area (Å²) in [5.74, 6) is -3.23. The van der Waals surface area contributed by atoms with Gasteiger partial charge in [-0.05, 0) is 49.2 Å². The third-order valence-electron chi connectivity index (χ3n) is 3.25. The zero-order valence-corrected chi connectivity index (χ0v) is 14.3. The Kier molecular flexibility index (Phi) is 5.67. The van der Waals surface area contributed by atoms with E-state index in [0.717, 1.165) is 18.2 Å². The molecule has 0 heterocycles. The van der Waals surface area contributed by atoms with E-state index in [0.29, 0.717) is 5.56 Å². The summed E-state index contributed by atoms with van der Waals surface area (Å²) >= 11 is 0. The standard InChI is InChI=1S/C20H16F2O4/c1-11(2)19(23)25-16-8-14(7-15(21)10-16)13-5-6-18(17(22)9-13)26-20(24)12(3)4/h5-10H,1,3H2,2,4H3. The molecule has 0 N–H and O–H groups in total. The van der Waals surface area contributed by atoms with E-state index in [9.17, 15) is 18.4 Å². The lowest BCUT2D eigenvalue weighted by Gasteiger charge is -2.09. The minimum atomic E-state index is -0.804. The minimum absolute atomic E-state index is 0.0359. The Balaban J connectivity index is 2.33. The number of esters is 2. The Bertz CT molecular complexity index is 916. The molecule has 2 rings (SSSR count). The van der Waals surface area contributed by atoms with Crippen molar-refractivity contribution in [3.05, 3.63) is 72.3 Å². The van der Waals surface area contributed by atoms with Crippen LogP contribution in [0.25, 0.3) is 11.1 Å². The van der Waals surface area contributed by atoms with Crippen molar-refractivity contribution in [3.63, 3.8) is 0 Å². The number of ether oxygens (including phenoxy) is 2. The Morgan fingerprint density at radius 1 is 0.846 bits per heavy atom. The molecule has 134 valence electrons. The van der Waals surface area contributed by atoms with Crippen molar-refractivity contribution in [2.45, 2.75) is 13.8 Å². The second kappa shape index (κ2) is 7.74. The second-order valence-electron chi connectivity index (χ2n) is 5.66. The van der Waals surface area contributed by atoms with Crippen molar-refractivity contribution in [1.82, 2.24) is 0 Å². The van der Waals surface area contributed by atoms with Gasteiger partial charge in [-0.3, -0.25) is 0 Å². The average molecular weight is 358 g/mol. The maximum absolute atomic E-state index is 14.2. The largest absolute Gasteiger partial charge is 0.423 e. The summed E-state index contributed by atoms with van der Waals surface area (Å²) in [5.41, 5.74) is 0.879. The molecule has 26 heavy (non-hydrogen) atoms. The molecule has 0 aliphatic heterocycles. The predicted molar refractivity (Wildman–Crippen MR) is 92.7 cm³/mol. The highest BCUT2D eigenvalue weighted by Crippen LogP contribution is 2.29. The Morgan fingerprint density at radius 3 is 2.04 bits per heavy atom. The summed E-state index contributed by atoms with van der Waals surface area (Å²) in [4.78, 5) is 23.0. The number of carbonyl (C=O) groups excluding carboxylic acids is 2. The van der Waals surface area contributed by atoms with E-state index in [1.54, 1.807) is 0 Å². The van der Waals surface area contributed by atoms with Gasteiger partial charge >= 0.3 is 11.9 Å². The number of hydrogen-bond acceptors (Lipinski definition) is 4. The summed E-state index contributed by atoms with van der Waals surface area (Å²) in [5, 5.41) is 0. The van der Waals surface area contributed by atoms with Crippen molar-refractivity contribution in [1.29, 1.82) is 0 Å². The number of rotatable bonds is 5. The van der Waals surface area contributed by atoms with Crippen LogP contribution in [0.15, 0.2) is 60.7 Å². The summed E-state index contributed by atoms with van der Waals surface area (Å²) in [7, 11) is 0. The van der Waals surface area contributed by atoms with Gasteiger partial charge in [-0.1, -0.05) is 19.2 Å². The maximum atomic E-state index is 14.2. The van der Waals surface area contributed by atoms with Crippen LogP contribution in [-0.4, -0.2) is 11.9 Å². The topological polar surface area (TPSA) is 52.6 Å². The molecule has 0 aliphatic carbocycles. The Hall–Kier alpha value is -3.28. The van der Waals surface area contributed by atoms with E-state index < -0.39 is 23.6 Å². The smallest absolute Gasteiger partial charge is 0.338 e. The molecule has 4 nitrogen and oxygen atoms in total. The number of hydrogen-bond donors (Lipinski definition) is 0. The Labute approximate surface area is 149 Å². The van der Waals surface area contributed by atoms with E-state index in [1.165, 1.54) is 32.0 Å². The highest BCUT2D eigenvalue weighted by Gasteiger charge is 2.13. The minimum Gasteiger partial charge on any atom is -0.423 e. The van der Waals surface area contributed by atoms with Gasteiger partial charge in [0, 0.05) is 17.2 Å². The first-order chi connectivity index (χ1) is 12.2. The van der Waals surface area contributed by atoms with E-state index in [1.807, 2.05) is 0 Å². The molecule has 0 amide bonds. The van der Waals surface area contributed by atoms with Crippen LogP contribution in [0.3, 0.4) is 0 Å². The first kappa shape index (κ1) is 19.1. The van der Waals surface area contributed by atoms with Crippen LogP contribution in [0.1, 0.15) is 13.8 Å². The molecule has 0 bridgehead atoms. The third kappa shape index (κ3) is 4.63. The average Bonchev–Trinajstić information content (AvgIpc) is 2.55. The van der Waals surface area contributed by atoms with Crippen molar-refractivity contribution in [2.75, 3.05) is 0 Å². The molecular weight excluding hydrogens is 342 g/mol. The SMILES string of the molecule is C=C(C)C(=O)Oc1cc(F)cc(-c2ccc(OC(=O)C(=C)C)c(F)c2)c1. The van der Waals surface area contributed by atoms with Crippen molar-refractivity contribution >= 4 is 11.9 Å². The molecule has 0 fully saturated rings. The van der Waals surface area contributed by atoms with Crippen LogP contribution in [0.4, 0.5) is 8.78 Å². The predicted octanol–water partition coefficient (Wildman–Crippen LogP) is 4.59. The summed E-state index contributed by atoms with van der Waals surface area (Å²) < 4.78 is 37.9. The van der Waals surface area contributed by atoms with Gasteiger partial charge in [-0.15, -0.1) is 0 Å². The molecule has 2 aromatic rings. The van der Waals surface area contributed by atoms with E-state index >= 15 is 0 Å². The van der Waals surface area contributed by atoms with Gasteiger partial charge in [0.25, 0.3) is 0 Å². The highest BCUT2D eigenvalue weighted by atomic mass is 19.1. The molecule has 6 heteroatoms. The van der Waals surface area contributed by atoms with Crippen LogP contribution < -0.4 is 9.47 Å². The lowest BCUT2D eigenvalue weighted by Crippen LogP contribution is -2.09. The van der Waals surface area contributed by atoms with Gasteiger partial charge in [-0.25, -0.2) is 18.4 Å². The lowest BCUT2D eigenvalue weighted by atomic mass is 10.0. The molecule has 0 radical (unpaired) electrons. The van der Waals surface area contributed by atoms with Crippen molar-refractivity contribution < 1.29 is 27.8 Å². The molecule has 0 saturated heterocycles. The molecule has 0 atom stereocenters. The highest BCUT2D eigenvalue weighted by molar-refractivity contribution is 5.89. The van der Waals surface area contributed by atoms with Crippen LogP contribution in [-0.2, 0) is 9.59 Å². The molecule has 0 aromatic heterocycles. The quantitative estimate of drug-likeness (QED) is 0.445. The van der Waals surface area contributed by atoms with Gasteiger partial charge in [0.1, 0.15) is 11.6 Å². The molecule has 0 spiro atoms. The second-order valence-corrected chi connectivity index (χ2v) is 5.66. The van der Waals surface area contributed by atoms with E-state index in [2.05, 4.69) is 13.2 Å². The monoisotopic (exact) mass is 358 g/mol. The van der Waals surface area contributed by atoms with E-state index in [-0.39, 0.29) is 28.2 Å². The number of carbonyl (C=O) groups is 2. The van der Waals surface area contributed by atoms with Crippen LogP contribution in [0.5, 0.6) is 11.5 Å². The summed E-state index contributed by atoms with van der Waals surface area (Å²) in [6, 6.07) is 7.35. The maximum Gasteiger partial charge on any atom is 0.338 e. The fourth-order valence-electron chi connectivity index (χ4n) is 1.93. The molecular formula is C20H16F2O4. The molecule has 0 unspecified atom stereocenters. The molecule has 0 aliphatic rings. The van der Waals surface area contributed by atoms with Gasteiger partial charge in [-0.2, -0.15) is 0 Å². The first-order valence-electron chi connectivity index (χ1n) is 7.53. The van der Waals surface area contributed by atoms with Crippen molar-refractivity contribution in [2.24, 2.45) is 0 Å². The summed E-state index contributed by atoms with van der Waals surface area (Å²) in [6.07, 6.45) is 0. The Morgan fingerprint density at radius 2 is 1.46 bits per heavy atom. The van der Waals surface area contributed by atoms with Gasteiger partial charge in [0.05, 0.1) is 0 Å². The van der Waals surface area contributed by atoms with Gasteiger partial charge < -0.3 is 9.47 Å². The first-order valence-corrected chi connectivity index (χ1v) is 7.53. The number of halogens is 2.